The van der Waals surface area contributed by atoms with E-state index < -0.39 is 0 Å². The summed E-state index contributed by atoms with van der Waals surface area (Å²) in [5.74, 6) is 4.08. The molecule has 0 aromatic carbocycles. The van der Waals surface area contributed by atoms with Gasteiger partial charge >= 0.3 is 0 Å². The normalized spacial score (nSPS) is 31.1. The molecule has 41 heavy (non-hydrogen) atoms. The second-order valence-electron chi connectivity index (χ2n) is 12.8. The van der Waals surface area contributed by atoms with Gasteiger partial charge < -0.3 is 10.7 Å². The molecule has 0 bridgehead atoms. The summed E-state index contributed by atoms with van der Waals surface area (Å²) in [4.78, 5) is 3.62. The van der Waals surface area contributed by atoms with Crippen molar-refractivity contribution in [2.24, 2.45) is 40.4 Å². The standard InChI is InChI=1S/C23H37N.C8H18.C3H7N.CH4FNO.CH4/c1-6-8-17-9-10-18-20-12-11-19(16(3)24)23(20,5)15-13-21(18)22(17,4)14-7-2;1-4-6-7-8(3)5-2;1-3-4-2;1-4-3-2;/h6,8,18-21,24H,1,7,9-15H2,2-5H3;8H,4-7H2,1-3H3;3-4H,1H2,2H3;3H,1H3;1H4/b17-8-,24-16?;;;;. The van der Waals surface area contributed by atoms with Gasteiger partial charge in [-0.3, -0.25) is 4.84 Å². The Bertz CT molecular complexity index is 751. The molecule has 3 N–H and O–H groups in total. The van der Waals surface area contributed by atoms with Crippen LogP contribution in [-0.2, 0) is 4.84 Å². The maximum absolute atomic E-state index is 10.2. The van der Waals surface area contributed by atoms with Crippen LogP contribution in [0.15, 0.2) is 37.1 Å². The van der Waals surface area contributed by atoms with Crippen LogP contribution < -0.4 is 11.0 Å². The summed E-state index contributed by atoms with van der Waals surface area (Å²) in [6.07, 6.45) is 22.1. The predicted molar refractivity (Wildman–Crippen MR) is 181 cm³/mol. The third-order valence-electron chi connectivity index (χ3n) is 10.4. The lowest BCUT2D eigenvalue weighted by atomic mass is 9.47. The molecule has 7 unspecified atom stereocenters. The zero-order chi connectivity index (χ0) is 30.8. The largest absolute Gasteiger partial charge is 0.394 e. The highest BCUT2D eigenvalue weighted by molar-refractivity contribution is 5.82. The van der Waals surface area contributed by atoms with Gasteiger partial charge in [-0.25, -0.2) is 0 Å². The van der Waals surface area contributed by atoms with Crippen LogP contribution in [0, 0.1) is 45.8 Å². The first kappa shape index (κ1) is 41.7. The molecule has 7 atom stereocenters. The van der Waals surface area contributed by atoms with Crippen molar-refractivity contribution < 1.29 is 9.32 Å². The van der Waals surface area contributed by atoms with Crippen LogP contribution >= 0.6 is 0 Å². The van der Waals surface area contributed by atoms with E-state index in [0.717, 1.165) is 35.1 Å². The summed E-state index contributed by atoms with van der Waals surface area (Å²) in [6.45, 7) is 23.7. The molecule has 0 radical (unpaired) electrons. The molecular formula is C36H70FN3O. The first-order valence-electron chi connectivity index (χ1n) is 16.1. The summed E-state index contributed by atoms with van der Waals surface area (Å²) >= 11 is 0. The molecule has 0 heterocycles. The van der Waals surface area contributed by atoms with E-state index in [1.807, 2.05) is 13.1 Å². The van der Waals surface area contributed by atoms with Crippen molar-refractivity contribution in [3.05, 3.63) is 37.1 Å². The zero-order valence-electron chi connectivity index (χ0n) is 27.8. The maximum Gasteiger partial charge on any atom is 0.0601 e. The average Bonchev–Trinajstić information content (AvgIpc) is 3.31. The minimum atomic E-state index is 0. The molecule has 242 valence electrons. The number of fused-ring (bicyclic) bond motifs is 3. The fourth-order valence-corrected chi connectivity index (χ4v) is 8.08. The van der Waals surface area contributed by atoms with Crippen LogP contribution in [0.5, 0.6) is 0 Å². The third-order valence-corrected chi connectivity index (χ3v) is 10.4. The summed E-state index contributed by atoms with van der Waals surface area (Å²) in [7, 11) is 3.01. The van der Waals surface area contributed by atoms with E-state index in [4.69, 9.17) is 5.41 Å². The Balaban J connectivity index is 0. The van der Waals surface area contributed by atoms with Crippen molar-refractivity contribution in [1.29, 1.82) is 5.41 Å². The van der Waals surface area contributed by atoms with Gasteiger partial charge in [0, 0.05) is 18.7 Å². The van der Waals surface area contributed by atoms with Crippen molar-refractivity contribution in [3.8, 4) is 0 Å². The smallest absolute Gasteiger partial charge is 0.0601 e. The Labute approximate surface area is 255 Å². The molecule has 0 amide bonds. The summed E-state index contributed by atoms with van der Waals surface area (Å²) in [5.41, 5.74) is 4.32. The van der Waals surface area contributed by atoms with Crippen molar-refractivity contribution in [1.82, 2.24) is 11.0 Å². The fraction of sp³-hybridized carbons (Fsp3) is 0.806. The molecule has 0 aromatic rings. The lowest BCUT2D eigenvalue weighted by molar-refractivity contribution is -0.0408. The molecule has 3 aliphatic carbocycles. The quantitative estimate of drug-likeness (QED) is 0.137. The molecule has 5 heteroatoms. The first-order valence-corrected chi connectivity index (χ1v) is 16.1. The monoisotopic (exact) mass is 580 g/mol. The number of hydrogen-bond donors (Lipinski definition) is 3. The van der Waals surface area contributed by atoms with Crippen molar-refractivity contribution in [2.45, 2.75) is 133 Å². The Morgan fingerprint density at radius 3 is 2.17 bits per heavy atom. The van der Waals surface area contributed by atoms with Gasteiger partial charge in [0.1, 0.15) is 0 Å². The van der Waals surface area contributed by atoms with Gasteiger partial charge in [0.05, 0.1) is 7.11 Å². The van der Waals surface area contributed by atoms with Crippen LogP contribution in [0.2, 0.25) is 0 Å². The number of halogens is 1. The van der Waals surface area contributed by atoms with E-state index in [0.29, 0.717) is 16.7 Å². The zero-order valence-corrected chi connectivity index (χ0v) is 27.8. The van der Waals surface area contributed by atoms with Gasteiger partial charge in [-0.1, -0.05) is 112 Å². The van der Waals surface area contributed by atoms with E-state index in [-0.39, 0.29) is 7.43 Å². The van der Waals surface area contributed by atoms with E-state index in [1.165, 1.54) is 84.2 Å². The van der Waals surface area contributed by atoms with Crippen LogP contribution in [-0.4, -0.2) is 19.9 Å². The highest BCUT2D eigenvalue weighted by Crippen LogP contribution is 2.66. The van der Waals surface area contributed by atoms with E-state index >= 15 is 0 Å². The first-order chi connectivity index (χ1) is 19.0. The molecule has 3 saturated carbocycles. The fourth-order valence-electron chi connectivity index (χ4n) is 8.08. The van der Waals surface area contributed by atoms with Crippen LogP contribution in [0.1, 0.15) is 133 Å². The summed E-state index contributed by atoms with van der Waals surface area (Å²) < 4.78 is 10.2. The van der Waals surface area contributed by atoms with Gasteiger partial charge in [0.25, 0.3) is 0 Å². The second-order valence-corrected chi connectivity index (χ2v) is 12.8. The van der Waals surface area contributed by atoms with Crippen LogP contribution in [0.4, 0.5) is 4.48 Å². The van der Waals surface area contributed by atoms with Gasteiger partial charge in [-0.15, -0.1) is 4.48 Å². The Morgan fingerprint density at radius 1 is 1.12 bits per heavy atom. The van der Waals surface area contributed by atoms with E-state index in [2.05, 4.69) is 77.9 Å². The highest BCUT2D eigenvalue weighted by Gasteiger charge is 2.58. The molecular weight excluding hydrogens is 509 g/mol. The lowest BCUT2D eigenvalue weighted by Crippen LogP contribution is -2.50. The summed E-state index contributed by atoms with van der Waals surface area (Å²) in [5, 5.41) is 11.0. The Morgan fingerprint density at radius 2 is 1.73 bits per heavy atom. The Kier molecular flexibility index (Phi) is 22.5. The predicted octanol–water partition coefficient (Wildman–Crippen LogP) is 11.0. The number of rotatable bonds is 10. The van der Waals surface area contributed by atoms with Crippen LogP contribution in [0.25, 0.3) is 0 Å². The van der Waals surface area contributed by atoms with Crippen molar-refractivity contribution in [2.75, 3.05) is 14.2 Å². The molecule has 3 fully saturated rings. The van der Waals surface area contributed by atoms with E-state index in [1.54, 1.807) is 11.8 Å². The number of hydrogen-bond acceptors (Lipinski definition) is 4. The number of unbranched alkanes of at least 4 members (excludes halogenated alkanes) is 1. The molecule has 0 saturated heterocycles. The van der Waals surface area contributed by atoms with Crippen LogP contribution in [0.3, 0.4) is 0 Å². The molecule has 0 aliphatic heterocycles. The van der Waals surface area contributed by atoms with Crippen molar-refractivity contribution in [3.63, 3.8) is 0 Å². The number of allylic oxidation sites excluding steroid dienone is 3. The van der Waals surface area contributed by atoms with Crippen molar-refractivity contribution >= 4 is 5.71 Å². The SMILES string of the molecule is C.C=C/C=C1/CCC2C(CCC3(C)C(C(C)=N)CCC23)C1(C)CCC.C=CNC.CCCCC(C)CC.CONF. The molecule has 0 aromatic heterocycles. The minimum Gasteiger partial charge on any atom is -0.394 e. The molecule has 3 rings (SSSR count). The highest BCUT2D eigenvalue weighted by atomic mass is 19.2. The molecule has 3 aliphatic rings. The number of nitrogens with one attached hydrogen (secondary N) is 3. The van der Waals surface area contributed by atoms with Gasteiger partial charge in [0.15, 0.2) is 0 Å². The summed E-state index contributed by atoms with van der Waals surface area (Å²) in [6, 6.07) is 0. The topological polar surface area (TPSA) is 57.1 Å². The average molecular weight is 580 g/mol. The minimum absolute atomic E-state index is 0. The Hall–Kier alpha value is -1.46. The van der Waals surface area contributed by atoms with Gasteiger partial charge in [0.2, 0.25) is 0 Å². The molecule has 4 nitrogen and oxygen atoms in total. The lowest BCUT2D eigenvalue weighted by Gasteiger charge is -2.57. The third kappa shape index (κ3) is 12.0. The van der Waals surface area contributed by atoms with Gasteiger partial charge in [-0.2, -0.15) is 0 Å². The maximum atomic E-state index is 10.2. The molecule has 0 spiro atoms. The van der Waals surface area contributed by atoms with E-state index in [9.17, 15) is 4.48 Å². The van der Waals surface area contributed by atoms with Gasteiger partial charge in [-0.05, 0) is 98.3 Å². The second kappa shape index (κ2) is 22.1.